The number of rotatable bonds is 2. The van der Waals surface area contributed by atoms with E-state index in [-0.39, 0.29) is 0 Å². The number of aromatic nitrogens is 2. The first kappa shape index (κ1) is 12.0. The average molecular weight is 264 g/mol. The molecule has 0 unspecified atom stereocenters. The molecule has 1 aliphatic rings. The Labute approximate surface area is 112 Å². The molecule has 1 fully saturated rings. The third-order valence-electron chi connectivity index (χ3n) is 3.87. The van der Waals surface area contributed by atoms with Crippen LogP contribution >= 0.6 is 11.6 Å². The Bertz CT molecular complexity index is 555. The van der Waals surface area contributed by atoms with Crippen LogP contribution in [0.2, 0.25) is 5.15 Å². The van der Waals surface area contributed by atoms with Crippen LogP contribution in [0.4, 0.5) is 0 Å². The second kappa shape index (κ2) is 4.90. The highest BCUT2D eigenvalue weighted by atomic mass is 35.5. The molecule has 96 valence electrons. The predicted molar refractivity (Wildman–Crippen MR) is 75.0 cm³/mol. The van der Waals surface area contributed by atoms with Gasteiger partial charge in [0, 0.05) is 12.4 Å². The summed E-state index contributed by atoms with van der Waals surface area (Å²) in [4.78, 5) is 0. The molecule has 0 amide bonds. The Morgan fingerprint density at radius 1 is 1.39 bits per heavy atom. The van der Waals surface area contributed by atoms with E-state index in [4.69, 9.17) is 11.6 Å². The standard InChI is InChI=1S/C14H18ClN3/c1-18-13-11(9-10-5-7-16-8-6-10)3-2-4-12(13)14(15)17-18/h2-4,10,16H,5-9H2,1H3. The van der Waals surface area contributed by atoms with Gasteiger partial charge in [-0.25, -0.2) is 0 Å². The number of fused-ring (bicyclic) bond motifs is 1. The summed E-state index contributed by atoms with van der Waals surface area (Å²) in [6, 6.07) is 6.35. The maximum Gasteiger partial charge on any atom is 0.158 e. The molecule has 1 aromatic carbocycles. The smallest absolute Gasteiger partial charge is 0.158 e. The van der Waals surface area contributed by atoms with Gasteiger partial charge in [0.15, 0.2) is 5.15 Å². The van der Waals surface area contributed by atoms with E-state index in [0.29, 0.717) is 5.15 Å². The second-order valence-electron chi connectivity index (χ2n) is 5.13. The van der Waals surface area contributed by atoms with Crippen LogP contribution in [-0.4, -0.2) is 22.9 Å². The first-order valence-electron chi connectivity index (χ1n) is 6.56. The first-order chi connectivity index (χ1) is 8.75. The molecule has 0 aliphatic carbocycles. The summed E-state index contributed by atoms with van der Waals surface area (Å²) in [5.74, 6) is 0.783. The van der Waals surface area contributed by atoms with Crippen molar-refractivity contribution < 1.29 is 0 Å². The van der Waals surface area contributed by atoms with Gasteiger partial charge >= 0.3 is 0 Å². The SMILES string of the molecule is Cn1nc(Cl)c2cccc(CC3CCNCC3)c21. The Balaban J connectivity index is 1.95. The van der Waals surface area contributed by atoms with Gasteiger partial charge < -0.3 is 5.32 Å². The molecule has 0 spiro atoms. The largest absolute Gasteiger partial charge is 0.317 e. The molecule has 18 heavy (non-hydrogen) atoms. The number of para-hydroxylation sites is 1. The number of benzene rings is 1. The van der Waals surface area contributed by atoms with Crippen LogP contribution in [0.15, 0.2) is 18.2 Å². The summed E-state index contributed by atoms with van der Waals surface area (Å²) in [6.07, 6.45) is 3.67. The molecule has 0 saturated carbocycles. The molecular formula is C14H18ClN3. The van der Waals surface area contributed by atoms with Crippen LogP contribution in [0.3, 0.4) is 0 Å². The van der Waals surface area contributed by atoms with E-state index in [1.807, 2.05) is 11.7 Å². The van der Waals surface area contributed by atoms with Gasteiger partial charge in [-0.1, -0.05) is 23.7 Å². The summed E-state index contributed by atoms with van der Waals surface area (Å²) < 4.78 is 1.91. The highest BCUT2D eigenvalue weighted by Crippen LogP contribution is 2.28. The molecule has 1 saturated heterocycles. The lowest BCUT2D eigenvalue weighted by Gasteiger charge is -2.22. The molecule has 2 aromatic rings. The number of aryl methyl sites for hydroxylation is 1. The molecule has 3 nitrogen and oxygen atoms in total. The maximum absolute atomic E-state index is 6.15. The predicted octanol–water partition coefficient (Wildman–Crippen LogP) is 2.77. The molecule has 0 radical (unpaired) electrons. The Hall–Kier alpha value is -1.06. The minimum Gasteiger partial charge on any atom is -0.317 e. The average Bonchev–Trinajstić information content (AvgIpc) is 2.67. The van der Waals surface area contributed by atoms with Gasteiger partial charge in [0.2, 0.25) is 0 Å². The van der Waals surface area contributed by atoms with E-state index < -0.39 is 0 Å². The van der Waals surface area contributed by atoms with Crippen molar-refractivity contribution in [3.05, 3.63) is 28.9 Å². The van der Waals surface area contributed by atoms with Crippen LogP contribution in [-0.2, 0) is 13.5 Å². The molecular weight excluding hydrogens is 246 g/mol. The van der Waals surface area contributed by atoms with Crippen molar-refractivity contribution in [2.24, 2.45) is 13.0 Å². The highest BCUT2D eigenvalue weighted by molar-refractivity contribution is 6.34. The van der Waals surface area contributed by atoms with E-state index in [2.05, 4.69) is 28.6 Å². The number of piperidine rings is 1. The topological polar surface area (TPSA) is 29.9 Å². The lowest BCUT2D eigenvalue weighted by molar-refractivity contribution is 0.373. The molecule has 1 aliphatic heterocycles. The van der Waals surface area contributed by atoms with Crippen molar-refractivity contribution in [3.63, 3.8) is 0 Å². The van der Waals surface area contributed by atoms with Crippen molar-refractivity contribution in [2.75, 3.05) is 13.1 Å². The second-order valence-corrected chi connectivity index (χ2v) is 5.48. The zero-order valence-electron chi connectivity index (χ0n) is 10.6. The van der Waals surface area contributed by atoms with Crippen molar-refractivity contribution >= 4 is 22.5 Å². The number of hydrogen-bond acceptors (Lipinski definition) is 2. The minimum absolute atomic E-state index is 0.611. The summed E-state index contributed by atoms with van der Waals surface area (Å²) in [5, 5.41) is 9.41. The van der Waals surface area contributed by atoms with E-state index in [0.717, 1.165) is 30.8 Å². The van der Waals surface area contributed by atoms with E-state index in [1.165, 1.54) is 23.9 Å². The van der Waals surface area contributed by atoms with Crippen molar-refractivity contribution in [2.45, 2.75) is 19.3 Å². The number of hydrogen-bond donors (Lipinski definition) is 1. The fourth-order valence-corrected chi connectivity index (χ4v) is 3.20. The van der Waals surface area contributed by atoms with Gasteiger partial charge in [0.1, 0.15) is 0 Å². The normalized spacial score (nSPS) is 17.4. The molecule has 3 rings (SSSR count). The quantitative estimate of drug-likeness (QED) is 0.903. The van der Waals surface area contributed by atoms with Gasteiger partial charge in [-0.3, -0.25) is 4.68 Å². The molecule has 1 aromatic heterocycles. The van der Waals surface area contributed by atoms with E-state index in [9.17, 15) is 0 Å². The maximum atomic E-state index is 6.15. The zero-order chi connectivity index (χ0) is 12.5. The van der Waals surface area contributed by atoms with Gasteiger partial charge in [-0.2, -0.15) is 5.10 Å². The van der Waals surface area contributed by atoms with Gasteiger partial charge in [-0.15, -0.1) is 0 Å². The van der Waals surface area contributed by atoms with Crippen molar-refractivity contribution in [1.82, 2.24) is 15.1 Å². The lowest BCUT2D eigenvalue weighted by atomic mass is 9.90. The third kappa shape index (κ3) is 2.13. The number of nitrogens with zero attached hydrogens (tertiary/aromatic N) is 2. The summed E-state index contributed by atoms with van der Waals surface area (Å²) in [7, 11) is 1.97. The van der Waals surface area contributed by atoms with E-state index in [1.54, 1.807) is 0 Å². The summed E-state index contributed by atoms with van der Waals surface area (Å²) in [6.45, 7) is 2.29. The van der Waals surface area contributed by atoms with Crippen molar-refractivity contribution in [3.8, 4) is 0 Å². The minimum atomic E-state index is 0.611. The Kier molecular flexibility index (Phi) is 3.27. The molecule has 1 N–H and O–H groups in total. The van der Waals surface area contributed by atoms with Gasteiger partial charge in [0.05, 0.1) is 5.52 Å². The monoisotopic (exact) mass is 263 g/mol. The molecule has 0 atom stereocenters. The molecule has 2 heterocycles. The first-order valence-corrected chi connectivity index (χ1v) is 6.94. The lowest BCUT2D eigenvalue weighted by Crippen LogP contribution is -2.28. The highest BCUT2D eigenvalue weighted by Gasteiger charge is 2.17. The molecule has 0 bridgehead atoms. The van der Waals surface area contributed by atoms with Crippen LogP contribution < -0.4 is 5.32 Å². The third-order valence-corrected chi connectivity index (χ3v) is 4.15. The van der Waals surface area contributed by atoms with Gasteiger partial charge in [-0.05, 0) is 49.9 Å². The fraction of sp³-hybridized carbons (Fsp3) is 0.500. The Morgan fingerprint density at radius 2 is 2.17 bits per heavy atom. The summed E-state index contributed by atoms with van der Waals surface area (Å²) >= 11 is 6.15. The number of nitrogens with one attached hydrogen (secondary N) is 1. The zero-order valence-corrected chi connectivity index (χ0v) is 11.4. The van der Waals surface area contributed by atoms with Crippen LogP contribution in [0, 0.1) is 5.92 Å². The molecule has 4 heteroatoms. The van der Waals surface area contributed by atoms with Crippen LogP contribution in [0.1, 0.15) is 18.4 Å². The fourth-order valence-electron chi connectivity index (χ4n) is 2.94. The van der Waals surface area contributed by atoms with Crippen molar-refractivity contribution in [1.29, 1.82) is 0 Å². The van der Waals surface area contributed by atoms with E-state index >= 15 is 0 Å². The van der Waals surface area contributed by atoms with Crippen LogP contribution in [0.25, 0.3) is 10.9 Å². The summed E-state index contributed by atoms with van der Waals surface area (Å²) in [5.41, 5.74) is 2.57. The number of halogens is 1. The Morgan fingerprint density at radius 3 is 2.94 bits per heavy atom. The van der Waals surface area contributed by atoms with Crippen LogP contribution in [0.5, 0.6) is 0 Å². The van der Waals surface area contributed by atoms with Gasteiger partial charge in [0.25, 0.3) is 0 Å².